The molecule has 5 rings (SSSR count). The summed E-state index contributed by atoms with van der Waals surface area (Å²) in [4.78, 5) is 12.3. The van der Waals surface area contributed by atoms with Gasteiger partial charge in [-0.3, -0.25) is 4.55 Å². The monoisotopic (exact) mass is 655 g/mol. The number of carbonyl (C=O) groups is 1. The second kappa shape index (κ2) is 15.3. The van der Waals surface area contributed by atoms with E-state index in [1.54, 1.807) is 85.7 Å². The van der Waals surface area contributed by atoms with Crippen molar-refractivity contribution in [1.29, 1.82) is 0 Å². The molecule has 0 heterocycles. The van der Waals surface area contributed by atoms with E-state index >= 15 is 0 Å². The fourth-order valence-corrected chi connectivity index (χ4v) is 4.95. The first-order valence-corrected chi connectivity index (χ1v) is 14.4. The van der Waals surface area contributed by atoms with Crippen LogP contribution in [-0.4, -0.2) is 38.1 Å². The molecule has 5 aromatic rings. The minimum atomic E-state index is -4.77. The zero-order valence-electron chi connectivity index (χ0n) is 25.2. The molecule has 0 fully saturated rings. The van der Waals surface area contributed by atoms with E-state index < -0.39 is 38.2 Å². The third-order valence-corrected chi connectivity index (χ3v) is 7.49. The number of fused-ring (bicyclic) bond motifs is 1. The number of carboxylic acids is 1. The summed E-state index contributed by atoms with van der Waals surface area (Å²) in [5, 5.41) is 50.6. The van der Waals surface area contributed by atoms with Gasteiger partial charge in [0.1, 0.15) is 4.90 Å². The van der Waals surface area contributed by atoms with Crippen molar-refractivity contribution in [3.05, 3.63) is 96.6 Å². The van der Waals surface area contributed by atoms with Gasteiger partial charge in [0, 0.05) is 19.8 Å². The second-order valence-electron chi connectivity index (χ2n) is 9.81. The third-order valence-electron chi connectivity index (χ3n) is 6.62. The van der Waals surface area contributed by atoms with E-state index in [1.807, 2.05) is 0 Å². The Kier molecular flexibility index (Phi) is 12.2. The molecular weight excluding hydrogens is 632 g/mol. The van der Waals surface area contributed by atoms with Crippen LogP contribution in [0.4, 0.5) is 28.4 Å². The molecule has 0 aliphatic rings. The molecule has 0 unspecified atom stereocenters. The van der Waals surface area contributed by atoms with E-state index in [-0.39, 0.29) is 75.8 Å². The van der Waals surface area contributed by atoms with Crippen LogP contribution < -0.4 is 74.2 Å². The van der Waals surface area contributed by atoms with Crippen LogP contribution >= 0.6 is 0 Å². The van der Waals surface area contributed by atoms with Crippen LogP contribution in [0.25, 0.3) is 21.9 Å². The summed E-state index contributed by atoms with van der Waals surface area (Å²) >= 11 is 0. The zero-order valence-corrected chi connectivity index (χ0v) is 30.1. The van der Waals surface area contributed by atoms with Crippen LogP contribution in [0, 0.1) is 0 Å². The molecule has 2 N–H and O–H groups in total. The van der Waals surface area contributed by atoms with Gasteiger partial charge in [0.2, 0.25) is 0 Å². The smallest absolute Gasteiger partial charge is 0.872 e. The molecule has 0 saturated heterocycles. The van der Waals surface area contributed by atoms with Crippen LogP contribution in [0.3, 0.4) is 0 Å². The molecule has 0 bridgehead atoms. The molecule has 12 nitrogen and oxygen atoms in total. The molecule has 5 aromatic carbocycles. The molecule has 0 aromatic heterocycles. The predicted octanol–water partition coefficient (Wildman–Crippen LogP) is 0.504. The number of hydrogen-bond acceptors (Lipinski definition) is 10. The van der Waals surface area contributed by atoms with E-state index in [0.717, 1.165) is 28.9 Å². The summed E-state index contributed by atoms with van der Waals surface area (Å²) in [6.07, 6.45) is 0. The molecule has 0 atom stereocenters. The van der Waals surface area contributed by atoms with Crippen LogP contribution in [0.2, 0.25) is 0 Å². The number of aromatic carboxylic acids is 1. The Morgan fingerprint density at radius 1 is 0.717 bits per heavy atom. The first-order chi connectivity index (χ1) is 20.9. The number of hydrogen-bond donors (Lipinski definition) is 2. The Bertz CT molecular complexity index is 2070. The van der Waals surface area contributed by atoms with Crippen molar-refractivity contribution in [2.45, 2.75) is 4.90 Å². The van der Waals surface area contributed by atoms with Crippen LogP contribution in [0.15, 0.2) is 116 Å². The van der Waals surface area contributed by atoms with Crippen molar-refractivity contribution in [3.8, 4) is 22.6 Å². The predicted molar refractivity (Wildman–Crippen MR) is 161 cm³/mol. The van der Waals surface area contributed by atoms with Gasteiger partial charge in [-0.15, -0.1) is 5.11 Å². The van der Waals surface area contributed by atoms with E-state index in [1.165, 1.54) is 12.1 Å². The first-order valence-electron chi connectivity index (χ1n) is 12.9. The maximum Gasteiger partial charge on any atom is 1.00 e. The van der Waals surface area contributed by atoms with Crippen molar-refractivity contribution in [2.24, 2.45) is 20.5 Å². The van der Waals surface area contributed by atoms with Gasteiger partial charge in [0.25, 0.3) is 10.1 Å². The average Bonchev–Trinajstić information content (AvgIpc) is 3.00. The topological polar surface area (TPSA) is 190 Å². The third kappa shape index (κ3) is 8.37. The minimum Gasteiger partial charge on any atom is -0.872 e. The van der Waals surface area contributed by atoms with Crippen molar-refractivity contribution in [1.82, 2.24) is 0 Å². The molecule has 0 spiro atoms. The van der Waals surface area contributed by atoms with E-state index in [9.17, 15) is 28.0 Å². The van der Waals surface area contributed by atoms with Gasteiger partial charge >= 0.3 is 65.1 Å². The number of nitrogens with zero attached hydrogens (tertiary/aromatic N) is 5. The van der Waals surface area contributed by atoms with Gasteiger partial charge in [-0.25, -0.2) is 4.79 Å². The fraction of sp³-hybridized carbons (Fsp3) is 0.0645. The molecule has 0 radical (unpaired) electrons. The van der Waals surface area contributed by atoms with E-state index in [2.05, 4.69) is 20.5 Å². The Balaban J connectivity index is 0.00000288. The Morgan fingerprint density at radius 3 is 1.76 bits per heavy atom. The van der Waals surface area contributed by atoms with Gasteiger partial charge in [-0.1, -0.05) is 47.9 Å². The molecule has 222 valence electrons. The van der Waals surface area contributed by atoms with Gasteiger partial charge < -0.3 is 20.2 Å². The molecular formula is C31H23N5Na2O7S. The summed E-state index contributed by atoms with van der Waals surface area (Å²) in [5.74, 6) is -2.63. The molecule has 0 aliphatic carbocycles. The van der Waals surface area contributed by atoms with Crippen LogP contribution in [0.1, 0.15) is 10.4 Å². The second-order valence-corrected chi connectivity index (χ2v) is 11.2. The summed E-state index contributed by atoms with van der Waals surface area (Å²) in [5.41, 5.74) is 2.56. The van der Waals surface area contributed by atoms with Crippen LogP contribution in [-0.2, 0) is 10.1 Å². The van der Waals surface area contributed by atoms with E-state index in [4.69, 9.17) is 5.11 Å². The number of carboxylic acid groups (broad SMARTS) is 1. The normalized spacial score (nSPS) is 11.4. The number of azo groups is 2. The maximum atomic E-state index is 13.2. The number of benzene rings is 5. The van der Waals surface area contributed by atoms with Crippen LogP contribution in [0.5, 0.6) is 11.5 Å². The molecule has 0 saturated carbocycles. The largest absolute Gasteiger partial charge is 1.00 e. The Hall–Kier alpha value is -3.66. The number of anilines is 1. The fourth-order valence-electron chi connectivity index (χ4n) is 4.30. The molecule has 15 heteroatoms. The Morgan fingerprint density at radius 2 is 1.24 bits per heavy atom. The average molecular weight is 656 g/mol. The van der Waals surface area contributed by atoms with Crippen molar-refractivity contribution < 1.29 is 92.2 Å². The van der Waals surface area contributed by atoms with Crippen molar-refractivity contribution >= 4 is 55.3 Å². The Labute approximate surface area is 308 Å². The quantitative estimate of drug-likeness (QED) is 0.137. The maximum absolute atomic E-state index is 13.2. The van der Waals surface area contributed by atoms with Gasteiger partial charge in [0.15, 0.2) is 0 Å². The molecule has 46 heavy (non-hydrogen) atoms. The summed E-state index contributed by atoms with van der Waals surface area (Å²) in [6.45, 7) is 0. The summed E-state index contributed by atoms with van der Waals surface area (Å²) in [6, 6.07) is 23.6. The SMILES string of the molecule is CN(C)c1ccc2cc(S(=O)(=O)O)c(N=Nc3ccc(-c4ccc(N=Nc5ccc([O-])c(C(=O)O)c5)cc4)cc3)c([O-])c2c1.[Na+].[Na+]. The first kappa shape index (κ1) is 36.8. The summed E-state index contributed by atoms with van der Waals surface area (Å²) < 4.78 is 34.0. The molecule has 0 amide bonds. The number of rotatable bonds is 8. The van der Waals surface area contributed by atoms with Crippen molar-refractivity contribution in [3.63, 3.8) is 0 Å². The van der Waals surface area contributed by atoms with Gasteiger partial charge in [-0.05, 0) is 76.5 Å². The van der Waals surface area contributed by atoms with Crippen molar-refractivity contribution in [2.75, 3.05) is 19.0 Å². The van der Waals surface area contributed by atoms with E-state index in [0.29, 0.717) is 16.8 Å². The molecule has 0 aliphatic heterocycles. The standard InChI is InChI=1S/C31H25N5O7S.2Na/c1-36(2)24-13-7-20-15-28(44(41,42)43)29(30(38)25(20)17-24)35-33-22-10-5-19(6-11-22)18-3-8-21(9-4-18)32-34-23-12-14-27(37)26(16-23)31(39)40;;/h3-17,37-38H,1-2H3,(H,39,40)(H,41,42,43);;/q;2*+1/p-2. The minimum absolute atomic E-state index is 0. The zero-order chi connectivity index (χ0) is 31.6. The van der Waals surface area contributed by atoms with Gasteiger partial charge in [0.05, 0.1) is 28.3 Å². The summed E-state index contributed by atoms with van der Waals surface area (Å²) in [7, 11) is -1.16. The van der Waals surface area contributed by atoms with Gasteiger partial charge in [-0.2, -0.15) is 23.8 Å².